The molecule has 0 heteroatoms. The minimum absolute atomic E-state index is 0.963. The van der Waals surface area contributed by atoms with Crippen molar-refractivity contribution in [3.8, 4) is 11.1 Å². The van der Waals surface area contributed by atoms with Crippen LogP contribution in [0.15, 0.2) is 54.6 Å². The predicted molar refractivity (Wildman–Crippen MR) is 93.8 cm³/mol. The van der Waals surface area contributed by atoms with Gasteiger partial charge in [-0.25, -0.2) is 0 Å². The summed E-state index contributed by atoms with van der Waals surface area (Å²) in [5.41, 5.74) is 4.21. The molecule has 2 saturated carbocycles. The monoisotopic (exact) mass is 290 g/mol. The van der Waals surface area contributed by atoms with Crippen LogP contribution in [0.2, 0.25) is 0 Å². The van der Waals surface area contributed by atoms with Gasteiger partial charge < -0.3 is 0 Å². The Morgan fingerprint density at radius 1 is 0.682 bits per heavy atom. The number of benzene rings is 2. The van der Waals surface area contributed by atoms with E-state index in [1.54, 1.807) is 5.56 Å². The zero-order valence-electron chi connectivity index (χ0n) is 13.4. The zero-order chi connectivity index (χ0) is 14.8. The van der Waals surface area contributed by atoms with Crippen molar-refractivity contribution in [3.63, 3.8) is 0 Å². The van der Waals surface area contributed by atoms with Crippen LogP contribution >= 0.6 is 0 Å². The predicted octanol–water partition coefficient (Wildman–Crippen LogP) is 6.11. The lowest BCUT2D eigenvalue weighted by Crippen LogP contribution is -2.33. The second kappa shape index (κ2) is 6.28. The van der Waals surface area contributed by atoms with E-state index in [0.29, 0.717) is 0 Å². The van der Waals surface area contributed by atoms with Crippen LogP contribution in [0.3, 0.4) is 0 Å². The summed E-state index contributed by atoms with van der Waals surface area (Å²) in [7, 11) is 0. The fourth-order valence-corrected chi connectivity index (χ4v) is 4.19. The summed E-state index contributed by atoms with van der Waals surface area (Å²) in [6.07, 6.45) is 10.2. The maximum Gasteiger partial charge on any atom is -0.0184 e. The summed E-state index contributed by atoms with van der Waals surface area (Å²) in [5, 5.41) is 0. The summed E-state index contributed by atoms with van der Waals surface area (Å²) >= 11 is 0. The molecule has 0 nitrogen and oxygen atoms in total. The van der Waals surface area contributed by atoms with E-state index in [2.05, 4.69) is 54.6 Å². The lowest BCUT2D eigenvalue weighted by Gasteiger charge is -2.43. The maximum atomic E-state index is 2.37. The summed E-state index contributed by atoms with van der Waals surface area (Å²) in [6.45, 7) is 0. The molecule has 22 heavy (non-hydrogen) atoms. The normalized spacial score (nSPS) is 19.0. The molecule has 4 rings (SSSR count). The fraction of sp³-hybridized carbons (Fsp3) is 0.455. The van der Waals surface area contributed by atoms with Gasteiger partial charge in [0.05, 0.1) is 0 Å². The average Bonchev–Trinajstić information content (AvgIpc) is 2.45. The van der Waals surface area contributed by atoms with E-state index in [0.717, 1.165) is 17.8 Å². The SMILES string of the molecule is c1ccc(-c2ccc(CC(C3CCC3)C3CCC3)cc2)cc1. The Kier molecular flexibility index (Phi) is 4.01. The van der Waals surface area contributed by atoms with Gasteiger partial charge in [0.15, 0.2) is 0 Å². The van der Waals surface area contributed by atoms with Crippen molar-refractivity contribution in [2.45, 2.75) is 44.9 Å². The van der Waals surface area contributed by atoms with Gasteiger partial charge in [0.1, 0.15) is 0 Å². The zero-order valence-corrected chi connectivity index (χ0v) is 13.4. The first-order chi connectivity index (χ1) is 10.9. The van der Waals surface area contributed by atoms with E-state index in [4.69, 9.17) is 0 Å². The molecule has 0 radical (unpaired) electrons. The number of hydrogen-bond acceptors (Lipinski definition) is 0. The van der Waals surface area contributed by atoms with Crippen molar-refractivity contribution < 1.29 is 0 Å². The van der Waals surface area contributed by atoms with Crippen LogP contribution in [0.1, 0.15) is 44.1 Å². The highest BCUT2D eigenvalue weighted by Gasteiger charge is 2.35. The molecule has 0 bridgehead atoms. The third-order valence-corrected chi connectivity index (χ3v) is 6.04. The molecule has 0 atom stereocenters. The molecule has 0 aromatic heterocycles. The molecule has 0 heterocycles. The largest absolute Gasteiger partial charge is 0.0622 e. The lowest BCUT2D eigenvalue weighted by molar-refractivity contribution is 0.0929. The van der Waals surface area contributed by atoms with Crippen LogP contribution in [0, 0.1) is 17.8 Å². The highest BCUT2D eigenvalue weighted by molar-refractivity contribution is 5.63. The Balaban J connectivity index is 1.48. The van der Waals surface area contributed by atoms with E-state index in [1.807, 2.05) is 0 Å². The Bertz CT molecular complexity index is 574. The van der Waals surface area contributed by atoms with Crippen LogP contribution in [-0.2, 0) is 6.42 Å². The first kappa shape index (κ1) is 14.1. The van der Waals surface area contributed by atoms with Crippen molar-refractivity contribution in [1.82, 2.24) is 0 Å². The smallest absolute Gasteiger partial charge is 0.0184 e. The van der Waals surface area contributed by atoms with Crippen molar-refractivity contribution in [2.75, 3.05) is 0 Å². The molecule has 114 valence electrons. The second-order valence-corrected chi connectivity index (χ2v) is 7.31. The number of hydrogen-bond donors (Lipinski definition) is 0. The van der Waals surface area contributed by atoms with Gasteiger partial charge in [-0.2, -0.15) is 0 Å². The van der Waals surface area contributed by atoms with Crippen LogP contribution in [0.5, 0.6) is 0 Å². The Morgan fingerprint density at radius 2 is 1.23 bits per heavy atom. The Hall–Kier alpha value is -1.56. The first-order valence-corrected chi connectivity index (χ1v) is 9.04. The standard InChI is InChI=1S/C22H26/c1-2-6-18(7-3-1)19-14-12-17(13-15-19)16-22(20-8-4-9-20)21-10-5-11-21/h1-3,6-7,12-15,20-22H,4-5,8-11,16H2. The molecular formula is C22H26. The summed E-state index contributed by atoms with van der Waals surface area (Å²) in [4.78, 5) is 0. The van der Waals surface area contributed by atoms with E-state index in [-0.39, 0.29) is 0 Å². The van der Waals surface area contributed by atoms with Crippen LogP contribution in [0.25, 0.3) is 11.1 Å². The molecule has 2 aromatic carbocycles. The van der Waals surface area contributed by atoms with Gasteiger partial charge in [0, 0.05) is 0 Å². The van der Waals surface area contributed by atoms with Crippen LogP contribution < -0.4 is 0 Å². The molecule has 2 aliphatic carbocycles. The summed E-state index contributed by atoms with van der Waals surface area (Å²) < 4.78 is 0. The highest BCUT2D eigenvalue weighted by atomic mass is 14.4. The molecule has 0 saturated heterocycles. The fourth-order valence-electron chi connectivity index (χ4n) is 4.19. The molecule has 0 N–H and O–H groups in total. The number of rotatable bonds is 5. The molecule has 0 unspecified atom stereocenters. The van der Waals surface area contributed by atoms with Crippen molar-refractivity contribution in [2.24, 2.45) is 17.8 Å². The Labute approximate surface area is 134 Å². The highest BCUT2D eigenvalue weighted by Crippen LogP contribution is 2.45. The molecule has 0 spiro atoms. The van der Waals surface area contributed by atoms with Crippen LogP contribution in [-0.4, -0.2) is 0 Å². The Morgan fingerprint density at radius 3 is 1.73 bits per heavy atom. The van der Waals surface area contributed by atoms with Gasteiger partial charge in [-0.1, -0.05) is 93.1 Å². The third kappa shape index (κ3) is 2.84. The van der Waals surface area contributed by atoms with E-state index in [9.17, 15) is 0 Å². The quantitative estimate of drug-likeness (QED) is 0.623. The van der Waals surface area contributed by atoms with Gasteiger partial charge in [0.2, 0.25) is 0 Å². The van der Waals surface area contributed by atoms with Gasteiger partial charge in [0.25, 0.3) is 0 Å². The van der Waals surface area contributed by atoms with Gasteiger partial charge >= 0.3 is 0 Å². The van der Waals surface area contributed by atoms with Crippen molar-refractivity contribution in [1.29, 1.82) is 0 Å². The first-order valence-electron chi connectivity index (χ1n) is 9.04. The average molecular weight is 290 g/mol. The maximum absolute atomic E-state index is 2.37. The molecule has 2 aliphatic rings. The van der Waals surface area contributed by atoms with E-state index >= 15 is 0 Å². The minimum atomic E-state index is 0.963. The van der Waals surface area contributed by atoms with Crippen molar-refractivity contribution in [3.05, 3.63) is 60.2 Å². The summed E-state index contributed by atoms with van der Waals surface area (Å²) in [6, 6.07) is 20.1. The molecule has 2 aromatic rings. The van der Waals surface area contributed by atoms with Crippen molar-refractivity contribution >= 4 is 0 Å². The second-order valence-electron chi connectivity index (χ2n) is 7.31. The molecule has 0 amide bonds. The van der Waals surface area contributed by atoms with Crippen LogP contribution in [0.4, 0.5) is 0 Å². The topological polar surface area (TPSA) is 0 Å². The lowest BCUT2D eigenvalue weighted by atomic mass is 9.63. The molecule has 0 aliphatic heterocycles. The minimum Gasteiger partial charge on any atom is -0.0622 e. The van der Waals surface area contributed by atoms with E-state index in [1.165, 1.54) is 56.1 Å². The molecular weight excluding hydrogens is 264 g/mol. The third-order valence-electron chi connectivity index (χ3n) is 6.04. The van der Waals surface area contributed by atoms with Gasteiger partial charge in [-0.15, -0.1) is 0 Å². The molecule has 2 fully saturated rings. The van der Waals surface area contributed by atoms with Gasteiger partial charge in [-0.05, 0) is 40.9 Å². The van der Waals surface area contributed by atoms with E-state index < -0.39 is 0 Å². The van der Waals surface area contributed by atoms with Gasteiger partial charge in [-0.3, -0.25) is 0 Å². The summed E-state index contributed by atoms with van der Waals surface area (Å²) in [5.74, 6) is 3.02.